The average molecular weight is 542 g/mol. The number of carbonyl (C=O) groups excluding carboxylic acids is 2. The fraction of sp³-hybridized carbons (Fsp3) is 0.500. The number of halogens is 3. The lowest BCUT2D eigenvalue weighted by molar-refractivity contribution is -0.188. The minimum atomic E-state index is -5.00. The van der Waals surface area contributed by atoms with Crippen LogP contribution < -0.4 is 0 Å². The third-order valence-corrected chi connectivity index (χ3v) is 7.50. The van der Waals surface area contributed by atoms with Gasteiger partial charge in [-0.3, -0.25) is 4.79 Å². The van der Waals surface area contributed by atoms with Crippen molar-refractivity contribution in [2.45, 2.75) is 70.2 Å². The lowest BCUT2D eigenvalue weighted by Crippen LogP contribution is -2.53. The van der Waals surface area contributed by atoms with Crippen LogP contribution in [0.2, 0.25) is 0 Å². The van der Waals surface area contributed by atoms with Gasteiger partial charge >= 0.3 is 18.2 Å². The van der Waals surface area contributed by atoms with E-state index in [1.54, 1.807) is 43.9 Å². The highest BCUT2D eigenvalue weighted by atomic mass is 19.4. The van der Waals surface area contributed by atoms with Gasteiger partial charge in [0, 0.05) is 31.6 Å². The van der Waals surface area contributed by atoms with E-state index in [9.17, 15) is 28.0 Å². The summed E-state index contributed by atoms with van der Waals surface area (Å²) in [6.07, 6.45) is -3.81. The van der Waals surface area contributed by atoms with Crippen molar-refractivity contribution in [3.05, 3.63) is 71.3 Å². The zero-order chi connectivity index (χ0) is 28.4. The first kappa shape index (κ1) is 28.5. The standard InChI is InChI=1S/C30H34F3N3O3/c1-28(2,3)39-27(38)35-14-12-29(13-15-35,18-21-8-7-9-22(16-21)19-34)20-36(26(37)30(31,32)33)25-17-24(25)23-10-5-4-6-11-23/h4-11,16,24-25H,12-15,17-18,20H2,1-3H3/t24-,25+/m0/s1. The van der Waals surface area contributed by atoms with Crippen LogP contribution in [0.3, 0.4) is 0 Å². The average Bonchev–Trinajstić information content (AvgIpc) is 3.67. The molecule has 2 atom stereocenters. The van der Waals surface area contributed by atoms with Gasteiger partial charge in [-0.05, 0) is 75.1 Å². The van der Waals surface area contributed by atoms with Crippen molar-refractivity contribution in [3.8, 4) is 6.07 Å². The maximum Gasteiger partial charge on any atom is 0.471 e. The number of alkyl halides is 3. The first-order valence-corrected chi connectivity index (χ1v) is 13.2. The molecule has 2 fully saturated rings. The van der Waals surface area contributed by atoms with Crippen molar-refractivity contribution in [1.29, 1.82) is 5.26 Å². The SMILES string of the molecule is CC(C)(C)OC(=O)N1CCC(Cc2cccc(C#N)c2)(CN(C(=O)C(F)(F)F)[C@@H]2C[C@H]2c2ccccc2)CC1. The predicted molar refractivity (Wildman–Crippen MR) is 140 cm³/mol. The number of carbonyl (C=O) groups is 2. The summed E-state index contributed by atoms with van der Waals surface area (Å²) in [6, 6.07) is 17.9. The molecule has 4 rings (SSSR count). The Morgan fingerprint density at radius 2 is 1.74 bits per heavy atom. The predicted octanol–water partition coefficient (Wildman–Crippen LogP) is 6.07. The number of piperidine rings is 1. The number of hydrogen-bond donors (Lipinski definition) is 0. The molecule has 208 valence electrons. The van der Waals surface area contributed by atoms with E-state index >= 15 is 0 Å². The fourth-order valence-corrected chi connectivity index (χ4v) is 5.51. The molecule has 2 aromatic rings. The summed E-state index contributed by atoms with van der Waals surface area (Å²) in [7, 11) is 0. The Hall–Kier alpha value is -3.54. The van der Waals surface area contributed by atoms with Gasteiger partial charge in [0.05, 0.1) is 11.6 Å². The van der Waals surface area contributed by atoms with Gasteiger partial charge in [0.25, 0.3) is 0 Å². The van der Waals surface area contributed by atoms with Crippen molar-refractivity contribution in [2.75, 3.05) is 19.6 Å². The van der Waals surface area contributed by atoms with Crippen LogP contribution in [0, 0.1) is 16.7 Å². The highest BCUT2D eigenvalue weighted by Gasteiger charge is 2.54. The molecule has 0 radical (unpaired) electrons. The lowest BCUT2D eigenvalue weighted by atomic mass is 9.73. The highest BCUT2D eigenvalue weighted by Crippen LogP contribution is 2.48. The van der Waals surface area contributed by atoms with Gasteiger partial charge in [-0.1, -0.05) is 42.5 Å². The van der Waals surface area contributed by atoms with Gasteiger partial charge in [0.2, 0.25) is 0 Å². The van der Waals surface area contributed by atoms with Crippen LogP contribution in [0.1, 0.15) is 62.6 Å². The highest BCUT2D eigenvalue weighted by molar-refractivity contribution is 5.82. The molecular weight excluding hydrogens is 507 g/mol. The number of hydrogen-bond acceptors (Lipinski definition) is 4. The summed E-state index contributed by atoms with van der Waals surface area (Å²) in [6.45, 7) is 5.85. The van der Waals surface area contributed by atoms with Crippen LogP contribution in [0.5, 0.6) is 0 Å². The molecule has 0 bridgehead atoms. The van der Waals surface area contributed by atoms with Crippen molar-refractivity contribution < 1.29 is 27.5 Å². The molecule has 1 aliphatic carbocycles. The van der Waals surface area contributed by atoms with Crippen LogP contribution in [-0.2, 0) is 16.0 Å². The van der Waals surface area contributed by atoms with E-state index in [0.717, 1.165) is 16.0 Å². The molecule has 1 saturated carbocycles. The lowest BCUT2D eigenvalue weighted by Gasteiger charge is -2.45. The van der Waals surface area contributed by atoms with Crippen molar-refractivity contribution in [3.63, 3.8) is 0 Å². The number of ether oxygens (including phenoxy) is 1. The molecule has 2 amide bonds. The number of nitrogens with zero attached hydrogens (tertiary/aromatic N) is 3. The third kappa shape index (κ3) is 7.11. The second-order valence-corrected chi connectivity index (χ2v) is 11.7. The van der Waals surface area contributed by atoms with E-state index in [-0.39, 0.29) is 12.5 Å². The van der Waals surface area contributed by atoms with Crippen LogP contribution in [0.4, 0.5) is 18.0 Å². The summed E-state index contributed by atoms with van der Waals surface area (Å²) < 4.78 is 47.1. The second kappa shape index (κ2) is 10.9. The summed E-state index contributed by atoms with van der Waals surface area (Å²) in [5, 5.41) is 9.36. The molecule has 0 aromatic heterocycles. The zero-order valence-electron chi connectivity index (χ0n) is 22.5. The Bertz CT molecular complexity index is 1230. The second-order valence-electron chi connectivity index (χ2n) is 11.7. The Morgan fingerprint density at radius 3 is 2.33 bits per heavy atom. The summed E-state index contributed by atoms with van der Waals surface area (Å²) >= 11 is 0. The van der Waals surface area contributed by atoms with E-state index in [2.05, 4.69) is 6.07 Å². The van der Waals surface area contributed by atoms with E-state index in [0.29, 0.717) is 44.3 Å². The molecule has 9 heteroatoms. The number of rotatable bonds is 6. The molecule has 1 aliphatic heterocycles. The third-order valence-electron chi connectivity index (χ3n) is 7.50. The van der Waals surface area contributed by atoms with Crippen molar-refractivity contribution in [1.82, 2.24) is 9.80 Å². The number of amides is 2. The van der Waals surface area contributed by atoms with Gasteiger partial charge in [-0.25, -0.2) is 4.79 Å². The Kier molecular flexibility index (Phi) is 7.97. The van der Waals surface area contributed by atoms with E-state index in [1.807, 2.05) is 36.4 Å². The number of likely N-dealkylation sites (tertiary alicyclic amines) is 1. The summed E-state index contributed by atoms with van der Waals surface area (Å²) in [5.41, 5.74) is 0.811. The van der Waals surface area contributed by atoms with Crippen LogP contribution in [0.25, 0.3) is 0 Å². The topological polar surface area (TPSA) is 73.6 Å². The Morgan fingerprint density at radius 1 is 1.08 bits per heavy atom. The van der Waals surface area contributed by atoms with Crippen LogP contribution in [-0.4, -0.2) is 59.3 Å². The van der Waals surface area contributed by atoms with Gasteiger partial charge in [-0.2, -0.15) is 18.4 Å². The van der Waals surface area contributed by atoms with Gasteiger partial charge < -0.3 is 14.5 Å². The van der Waals surface area contributed by atoms with Gasteiger partial charge in [0.15, 0.2) is 0 Å². The van der Waals surface area contributed by atoms with Crippen LogP contribution in [0.15, 0.2) is 54.6 Å². The monoisotopic (exact) mass is 541 g/mol. The smallest absolute Gasteiger partial charge is 0.444 e. The molecule has 6 nitrogen and oxygen atoms in total. The minimum absolute atomic E-state index is 0.0850. The number of benzene rings is 2. The van der Waals surface area contributed by atoms with Crippen molar-refractivity contribution in [2.24, 2.45) is 5.41 Å². The molecular formula is C30H34F3N3O3. The molecule has 2 aliphatic rings. The normalized spacial score (nSPS) is 20.6. The minimum Gasteiger partial charge on any atom is -0.444 e. The summed E-state index contributed by atoms with van der Waals surface area (Å²) in [5.74, 6) is -1.98. The molecule has 0 N–H and O–H groups in total. The number of nitriles is 1. The van der Waals surface area contributed by atoms with Gasteiger partial charge in [-0.15, -0.1) is 0 Å². The quantitative estimate of drug-likeness (QED) is 0.445. The first-order valence-electron chi connectivity index (χ1n) is 13.2. The molecule has 0 spiro atoms. The van der Waals surface area contributed by atoms with E-state index < -0.39 is 35.2 Å². The van der Waals surface area contributed by atoms with Crippen LogP contribution >= 0.6 is 0 Å². The van der Waals surface area contributed by atoms with Crippen molar-refractivity contribution >= 4 is 12.0 Å². The largest absolute Gasteiger partial charge is 0.471 e. The summed E-state index contributed by atoms with van der Waals surface area (Å²) in [4.78, 5) is 28.1. The Balaban J connectivity index is 1.62. The maximum absolute atomic E-state index is 13.9. The molecule has 0 unspecified atom stereocenters. The zero-order valence-corrected chi connectivity index (χ0v) is 22.5. The molecule has 2 aromatic carbocycles. The molecule has 39 heavy (non-hydrogen) atoms. The maximum atomic E-state index is 13.9. The van der Waals surface area contributed by atoms with Gasteiger partial charge in [0.1, 0.15) is 5.60 Å². The van der Waals surface area contributed by atoms with E-state index in [4.69, 9.17) is 4.74 Å². The Labute approximate surface area is 227 Å². The molecule has 1 heterocycles. The fourth-order valence-electron chi connectivity index (χ4n) is 5.51. The first-order chi connectivity index (χ1) is 18.3. The molecule has 1 saturated heterocycles. The van der Waals surface area contributed by atoms with E-state index in [1.165, 1.54) is 0 Å².